The lowest BCUT2D eigenvalue weighted by molar-refractivity contribution is 0.156. The highest BCUT2D eigenvalue weighted by molar-refractivity contribution is 5.80. The predicted molar refractivity (Wildman–Crippen MR) is 85.8 cm³/mol. The van der Waals surface area contributed by atoms with Crippen LogP contribution < -0.4 is 5.32 Å². The Labute approximate surface area is 129 Å². The molecular formula is C16H31N3O2. The molecule has 0 bridgehead atoms. The average Bonchev–Trinajstić information content (AvgIpc) is 3.12. The standard InChI is InChI=1S/C16H31N3O2/c1-3-17-15(18-9-5-4-6-11-20-2)19-10-7-16(13-19)8-12-21-14-16/h3-14H2,1-2H3,(H,17,18). The summed E-state index contributed by atoms with van der Waals surface area (Å²) < 4.78 is 10.7. The summed E-state index contributed by atoms with van der Waals surface area (Å²) in [7, 11) is 1.76. The first-order valence-corrected chi connectivity index (χ1v) is 8.40. The van der Waals surface area contributed by atoms with Crippen molar-refractivity contribution >= 4 is 5.96 Å². The third-order valence-corrected chi connectivity index (χ3v) is 4.53. The molecule has 5 heteroatoms. The molecule has 1 spiro atoms. The van der Waals surface area contributed by atoms with Crippen molar-refractivity contribution in [1.82, 2.24) is 10.2 Å². The number of methoxy groups -OCH3 is 1. The minimum atomic E-state index is 0.397. The Balaban J connectivity index is 1.78. The second-order valence-electron chi connectivity index (χ2n) is 6.26. The summed E-state index contributed by atoms with van der Waals surface area (Å²) >= 11 is 0. The van der Waals surface area contributed by atoms with Crippen LogP contribution in [-0.4, -0.2) is 64.0 Å². The van der Waals surface area contributed by atoms with Gasteiger partial charge in [-0.25, -0.2) is 0 Å². The molecule has 2 heterocycles. The smallest absolute Gasteiger partial charge is 0.193 e. The van der Waals surface area contributed by atoms with Gasteiger partial charge in [-0.05, 0) is 39.0 Å². The molecular weight excluding hydrogens is 266 g/mol. The van der Waals surface area contributed by atoms with E-state index in [4.69, 9.17) is 14.5 Å². The summed E-state index contributed by atoms with van der Waals surface area (Å²) in [5.41, 5.74) is 0.397. The highest BCUT2D eigenvalue weighted by Gasteiger charge is 2.42. The molecule has 1 N–H and O–H groups in total. The molecule has 0 aromatic carbocycles. The van der Waals surface area contributed by atoms with Crippen LogP contribution >= 0.6 is 0 Å². The molecule has 2 fully saturated rings. The molecule has 0 saturated carbocycles. The average molecular weight is 297 g/mol. The zero-order valence-electron chi connectivity index (χ0n) is 13.7. The van der Waals surface area contributed by atoms with E-state index in [0.717, 1.165) is 64.8 Å². The van der Waals surface area contributed by atoms with Gasteiger partial charge in [-0.1, -0.05) is 0 Å². The minimum Gasteiger partial charge on any atom is -0.385 e. The third kappa shape index (κ3) is 4.85. The Morgan fingerprint density at radius 3 is 2.95 bits per heavy atom. The lowest BCUT2D eigenvalue weighted by atomic mass is 9.87. The molecule has 0 amide bonds. The molecule has 122 valence electrons. The largest absolute Gasteiger partial charge is 0.385 e. The lowest BCUT2D eigenvalue weighted by Crippen LogP contribution is -2.41. The lowest BCUT2D eigenvalue weighted by Gasteiger charge is -2.25. The maximum absolute atomic E-state index is 5.61. The molecule has 2 rings (SSSR count). The van der Waals surface area contributed by atoms with Crippen LogP contribution in [0.1, 0.15) is 39.0 Å². The van der Waals surface area contributed by atoms with E-state index in [0.29, 0.717) is 5.41 Å². The normalized spacial score (nSPS) is 26.0. The predicted octanol–water partition coefficient (Wildman–Crippen LogP) is 1.88. The summed E-state index contributed by atoms with van der Waals surface area (Å²) in [5.74, 6) is 1.09. The van der Waals surface area contributed by atoms with Crippen LogP contribution in [0.5, 0.6) is 0 Å². The van der Waals surface area contributed by atoms with Crippen LogP contribution in [-0.2, 0) is 9.47 Å². The highest BCUT2D eigenvalue weighted by Crippen LogP contribution is 2.38. The Hall–Kier alpha value is -0.810. The quantitative estimate of drug-likeness (QED) is 0.443. The van der Waals surface area contributed by atoms with Crippen LogP contribution in [0.2, 0.25) is 0 Å². The zero-order chi connectivity index (χ0) is 15.0. The summed E-state index contributed by atoms with van der Waals surface area (Å²) in [4.78, 5) is 7.22. The topological polar surface area (TPSA) is 46.1 Å². The summed E-state index contributed by atoms with van der Waals surface area (Å²) in [5, 5.41) is 3.44. The number of guanidine groups is 1. The Bertz CT molecular complexity index is 327. The van der Waals surface area contributed by atoms with Crippen LogP contribution in [0, 0.1) is 5.41 Å². The van der Waals surface area contributed by atoms with Gasteiger partial charge in [0.05, 0.1) is 6.61 Å². The van der Waals surface area contributed by atoms with Gasteiger partial charge in [0, 0.05) is 51.9 Å². The van der Waals surface area contributed by atoms with Gasteiger partial charge in [-0.2, -0.15) is 0 Å². The number of aliphatic imine (C=N–C) groups is 1. The van der Waals surface area contributed by atoms with Crippen LogP contribution in [0.3, 0.4) is 0 Å². The molecule has 0 aliphatic carbocycles. The zero-order valence-corrected chi connectivity index (χ0v) is 13.7. The molecule has 21 heavy (non-hydrogen) atoms. The van der Waals surface area contributed by atoms with Crippen LogP contribution in [0.4, 0.5) is 0 Å². The van der Waals surface area contributed by atoms with Crippen LogP contribution in [0.25, 0.3) is 0 Å². The molecule has 2 saturated heterocycles. The SMILES string of the molecule is CCNC(=NCCCCCOC)N1CCC2(CCOC2)C1. The van der Waals surface area contributed by atoms with E-state index in [1.807, 2.05) is 0 Å². The summed E-state index contributed by atoms with van der Waals surface area (Å²) in [6, 6.07) is 0. The first kappa shape index (κ1) is 16.6. The fourth-order valence-electron chi connectivity index (χ4n) is 3.23. The molecule has 1 unspecified atom stereocenters. The van der Waals surface area contributed by atoms with E-state index < -0.39 is 0 Å². The molecule has 2 aliphatic rings. The van der Waals surface area contributed by atoms with Crippen molar-refractivity contribution in [2.45, 2.75) is 39.0 Å². The van der Waals surface area contributed by atoms with Crippen LogP contribution in [0.15, 0.2) is 4.99 Å². The second kappa shape index (κ2) is 8.59. The second-order valence-corrected chi connectivity index (χ2v) is 6.26. The van der Waals surface area contributed by atoms with Gasteiger partial charge in [-0.3, -0.25) is 4.99 Å². The molecule has 0 aromatic heterocycles. The molecule has 1 atom stereocenters. The van der Waals surface area contributed by atoms with E-state index in [2.05, 4.69) is 17.1 Å². The van der Waals surface area contributed by atoms with Crippen molar-refractivity contribution in [2.75, 3.05) is 53.1 Å². The number of nitrogens with one attached hydrogen (secondary N) is 1. The molecule has 0 aromatic rings. The monoisotopic (exact) mass is 297 g/mol. The van der Waals surface area contributed by atoms with E-state index in [-0.39, 0.29) is 0 Å². The minimum absolute atomic E-state index is 0.397. The first-order chi connectivity index (χ1) is 10.3. The van der Waals surface area contributed by atoms with Crippen molar-refractivity contribution in [3.8, 4) is 0 Å². The summed E-state index contributed by atoms with van der Waals surface area (Å²) in [6.45, 7) is 8.91. The van der Waals surface area contributed by atoms with E-state index in [9.17, 15) is 0 Å². The number of hydrogen-bond donors (Lipinski definition) is 1. The Kier molecular flexibility index (Phi) is 6.77. The van der Waals surface area contributed by atoms with Gasteiger partial charge in [0.2, 0.25) is 0 Å². The third-order valence-electron chi connectivity index (χ3n) is 4.53. The number of likely N-dealkylation sites (tertiary alicyclic amines) is 1. The first-order valence-electron chi connectivity index (χ1n) is 8.40. The summed E-state index contributed by atoms with van der Waals surface area (Å²) in [6.07, 6.45) is 5.91. The highest BCUT2D eigenvalue weighted by atomic mass is 16.5. The van der Waals surface area contributed by atoms with Crippen molar-refractivity contribution in [3.05, 3.63) is 0 Å². The number of nitrogens with zero attached hydrogens (tertiary/aromatic N) is 2. The van der Waals surface area contributed by atoms with Crippen molar-refractivity contribution < 1.29 is 9.47 Å². The van der Waals surface area contributed by atoms with Crippen molar-refractivity contribution in [3.63, 3.8) is 0 Å². The Morgan fingerprint density at radius 1 is 1.33 bits per heavy atom. The number of rotatable bonds is 7. The molecule has 5 nitrogen and oxygen atoms in total. The molecule has 0 radical (unpaired) electrons. The van der Waals surface area contributed by atoms with Crippen molar-refractivity contribution in [2.24, 2.45) is 10.4 Å². The van der Waals surface area contributed by atoms with Gasteiger partial charge < -0.3 is 19.7 Å². The number of unbranched alkanes of at least 4 members (excludes halogenated alkanes) is 2. The van der Waals surface area contributed by atoms with Gasteiger partial charge >= 0.3 is 0 Å². The van der Waals surface area contributed by atoms with Gasteiger partial charge in [-0.15, -0.1) is 0 Å². The maximum atomic E-state index is 5.61. The van der Waals surface area contributed by atoms with E-state index >= 15 is 0 Å². The Morgan fingerprint density at radius 2 is 2.24 bits per heavy atom. The van der Waals surface area contributed by atoms with E-state index in [1.165, 1.54) is 19.3 Å². The number of hydrogen-bond acceptors (Lipinski definition) is 3. The van der Waals surface area contributed by atoms with E-state index in [1.54, 1.807) is 7.11 Å². The molecule has 2 aliphatic heterocycles. The van der Waals surface area contributed by atoms with Crippen molar-refractivity contribution in [1.29, 1.82) is 0 Å². The van der Waals surface area contributed by atoms with Gasteiger partial charge in [0.15, 0.2) is 5.96 Å². The number of ether oxygens (including phenoxy) is 2. The van der Waals surface area contributed by atoms with Gasteiger partial charge in [0.25, 0.3) is 0 Å². The fraction of sp³-hybridized carbons (Fsp3) is 0.938. The van der Waals surface area contributed by atoms with Gasteiger partial charge in [0.1, 0.15) is 0 Å². The maximum Gasteiger partial charge on any atom is 0.193 e. The fourth-order valence-corrected chi connectivity index (χ4v) is 3.23.